The summed E-state index contributed by atoms with van der Waals surface area (Å²) in [6.45, 7) is 8.50. The Hall–Kier alpha value is -3.74. The Kier molecular flexibility index (Phi) is 5.38. The highest BCUT2D eigenvalue weighted by Gasteiger charge is 2.52. The van der Waals surface area contributed by atoms with E-state index in [2.05, 4.69) is 21.0 Å². The second-order valence-electron chi connectivity index (χ2n) is 10.5. The average molecular weight is 476 g/mol. The predicted molar refractivity (Wildman–Crippen MR) is 128 cm³/mol. The molecule has 2 fully saturated rings. The van der Waals surface area contributed by atoms with Crippen molar-refractivity contribution >= 4 is 29.5 Å². The molecule has 2 amide bonds. The molecule has 0 radical (unpaired) electrons. The number of amides is 2. The summed E-state index contributed by atoms with van der Waals surface area (Å²) in [5, 5.41) is 9.35. The first-order valence-corrected chi connectivity index (χ1v) is 11.9. The topological polar surface area (TPSA) is 116 Å². The highest BCUT2D eigenvalue weighted by Crippen LogP contribution is 2.56. The van der Waals surface area contributed by atoms with Crippen LogP contribution >= 0.6 is 0 Å². The summed E-state index contributed by atoms with van der Waals surface area (Å²) in [5.74, 6) is 1.80. The first-order valence-electron chi connectivity index (χ1n) is 11.9. The third-order valence-electron chi connectivity index (χ3n) is 7.05. The van der Waals surface area contributed by atoms with Gasteiger partial charge in [-0.05, 0) is 52.7 Å². The minimum Gasteiger partial charge on any atom is -0.444 e. The van der Waals surface area contributed by atoms with Gasteiger partial charge in [-0.1, -0.05) is 6.42 Å². The highest BCUT2D eigenvalue weighted by atomic mass is 16.6. The lowest BCUT2D eigenvalue weighted by molar-refractivity contribution is -0.125. The van der Waals surface area contributed by atoms with Crippen molar-refractivity contribution in [3.05, 3.63) is 35.8 Å². The molecule has 1 saturated carbocycles. The van der Waals surface area contributed by atoms with Gasteiger partial charge in [0.05, 0.1) is 11.6 Å². The summed E-state index contributed by atoms with van der Waals surface area (Å²) >= 11 is 0. The van der Waals surface area contributed by atoms with Crippen LogP contribution < -0.4 is 9.80 Å². The lowest BCUT2D eigenvalue weighted by Gasteiger charge is -2.42. The lowest BCUT2D eigenvalue weighted by atomic mass is 9.66. The van der Waals surface area contributed by atoms with Crippen molar-refractivity contribution in [1.82, 2.24) is 19.9 Å². The van der Waals surface area contributed by atoms with E-state index in [9.17, 15) is 14.9 Å². The minimum absolute atomic E-state index is 0.165. The van der Waals surface area contributed by atoms with Crippen molar-refractivity contribution < 1.29 is 14.3 Å². The zero-order valence-corrected chi connectivity index (χ0v) is 20.5. The van der Waals surface area contributed by atoms with Gasteiger partial charge in [-0.3, -0.25) is 14.6 Å². The predicted octanol–water partition coefficient (Wildman–Crippen LogP) is 3.29. The molecular formula is C25H29N7O3. The number of nitriles is 1. The number of nitrogens with zero attached hydrogens (tertiary/aromatic N) is 7. The van der Waals surface area contributed by atoms with Crippen LogP contribution in [0.3, 0.4) is 0 Å². The van der Waals surface area contributed by atoms with Gasteiger partial charge in [0.1, 0.15) is 35.4 Å². The van der Waals surface area contributed by atoms with Gasteiger partial charge in [0, 0.05) is 36.8 Å². The van der Waals surface area contributed by atoms with E-state index in [1.165, 1.54) is 11.2 Å². The molecule has 0 aromatic carbocycles. The molecule has 2 aromatic rings. The number of fused-ring (bicyclic) bond motifs is 2. The molecule has 3 aliphatic rings. The van der Waals surface area contributed by atoms with E-state index in [4.69, 9.17) is 4.74 Å². The average Bonchev–Trinajstić information content (AvgIpc) is 3.16. The van der Waals surface area contributed by atoms with Gasteiger partial charge >= 0.3 is 6.09 Å². The van der Waals surface area contributed by atoms with E-state index in [0.717, 1.165) is 30.6 Å². The molecule has 2 aromatic heterocycles. The number of carbonyl (C=O) groups excluding carboxylic acids is 2. The fourth-order valence-electron chi connectivity index (χ4n) is 5.19. The number of ether oxygens (including phenoxy) is 1. The van der Waals surface area contributed by atoms with Gasteiger partial charge in [-0.2, -0.15) is 5.26 Å². The highest BCUT2D eigenvalue weighted by molar-refractivity contribution is 6.00. The number of aromatic nitrogens is 3. The molecule has 10 heteroatoms. The van der Waals surface area contributed by atoms with Crippen molar-refractivity contribution in [3.8, 4) is 6.07 Å². The Morgan fingerprint density at radius 1 is 1.17 bits per heavy atom. The number of hydrogen-bond donors (Lipinski definition) is 0. The molecule has 0 bridgehead atoms. The number of hydrogen-bond acceptors (Lipinski definition) is 8. The monoisotopic (exact) mass is 475 g/mol. The first-order chi connectivity index (χ1) is 16.6. The van der Waals surface area contributed by atoms with Crippen LogP contribution in [0.2, 0.25) is 0 Å². The molecule has 1 spiro atoms. The Bertz CT molecular complexity index is 1230. The van der Waals surface area contributed by atoms with Crippen LogP contribution in [0, 0.1) is 11.3 Å². The smallest absolute Gasteiger partial charge is 0.411 e. The van der Waals surface area contributed by atoms with E-state index in [-0.39, 0.29) is 11.3 Å². The van der Waals surface area contributed by atoms with Gasteiger partial charge in [0.25, 0.3) is 5.91 Å². The van der Waals surface area contributed by atoms with Crippen molar-refractivity contribution in [2.24, 2.45) is 0 Å². The molecule has 1 saturated heterocycles. The number of anilines is 3. The van der Waals surface area contributed by atoms with E-state index in [0.29, 0.717) is 36.8 Å². The zero-order valence-electron chi connectivity index (χ0n) is 20.5. The molecule has 2 aliphatic heterocycles. The third kappa shape index (κ3) is 3.85. The number of carbonyl (C=O) groups is 2. The normalized spacial score (nSPS) is 20.9. The van der Waals surface area contributed by atoms with Crippen LogP contribution in [-0.4, -0.2) is 63.1 Å². The van der Waals surface area contributed by atoms with Crippen molar-refractivity contribution in [2.75, 3.05) is 29.4 Å². The van der Waals surface area contributed by atoms with E-state index >= 15 is 0 Å². The maximum atomic E-state index is 13.5. The SMILES string of the molecule is C[C@H]1C(=O)N(c2ncnc3c2C2(CCC2)CN3c2cc(C#N)ccn2)CCN1C(=O)OC(C)(C)C. The van der Waals surface area contributed by atoms with Crippen molar-refractivity contribution in [3.63, 3.8) is 0 Å². The Labute approximate surface area is 204 Å². The number of rotatable bonds is 2. The summed E-state index contributed by atoms with van der Waals surface area (Å²) in [6.07, 6.45) is 5.64. The molecule has 35 heavy (non-hydrogen) atoms. The fraction of sp³-hybridized carbons (Fsp3) is 0.520. The molecule has 0 N–H and O–H groups in total. The summed E-state index contributed by atoms with van der Waals surface area (Å²) in [5.41, 5.74) is 0.688. The van der Waals surface area contributed by atoms with Crippen LogP contribution in [0.15, 0.2) is 24.7 Å². The van der Waals surface area contributed by atoms with Crippen LogP contribution in [0.1, 0.15) is 58.1 Å². The van der Waals surface area contributed by atoms with Crippen molar-refractivity contribution in [1.29, 1.82) is 5.26 Å². The maximum absolute atomic E-state index is 13.5. The molecule has 1 aliphatic carbocycles. The van der Waals surface area contributed by atoms with Crippen molar-refractivity contribution in [2.45, 2.75) is 64.0 Å². The standard InChI is InChI=1S/C25H29N7O3/c1-16-22(33)31(11-10-30(16)23(34)35-24(2,3)4)20-19-21(29-15-28-20)32(14-25(19)7-5-8-25)18-12-17(13-26)6-9-27-18/h6,9,12,15-16H,5,7-8,10-11,14H2,1-4H3/t16-/m0/s1. The molecule has 4 heterocycles. The van der Waals surface area contributed by atoms with Crippen LogP contribution in [-0.2, 0) is 14.9 Å². The molecule has 5 rings (SSSR count). The summed E-state index contributed by atoms with van der Waals surface area (Å²) in [7, 11) is 0. The summed E-state index contributed by atoms with van der Waals surface area (Å²) in [6, 6.07) is 4.93. The second kappa shape index (κ2) is 8.18. The largest absolute Gasteiger partial charge is 0.444 e. The fourth-order valence-corrected chi connectivity index (χ4v) is 5.19. The lowest BCUT2D eigenvalue weighted by Crippen LogP contribution is -2.59. The van der Waals surface area contributed by atoms with E-state index < -0.39 is 17.7 Å². The van der Waals surface area contributed by atoms with Gasteiger partial charge in [0.2, 0.25) is 0 Å². The molecule has 10 nitrogen and oxygen atoms in total. The van der Waals surface area contributed by atoms with Crippen LogP contribution in [0.25, 0.3) is 0 Å². The third-order valence-corrected chi connectivity index (χ3v) is 7.05. The minimum atomic E-state index is -0.673. The maximum Gasteiger partial charge on any atom is 0.411 e. The second-order valence-corrected chi connectivity index (χ2v) is 10.5. The molecule has 1 atom stereocenters. The molecular weight excluding hydrogens is 446 g/mol. The van der Waals surface area contributed by atoms with Gasteiger partial charge in [-0.25, -0.2) is 19.7 Å². The number of pyridine rings is 1. The van der Waals surface area contributed by atoms with Gasteiger partial charge in [-0.15, -0.1) is 0 Å². The van der Waals surface area contributed by atoms with E-state index in [1.807, 2.05) is 25.7 Å². The van der Waals surface area contributed by atoms with E-state index in [1.54, 1.807) is 30.2 Å². The summed E-state index contributed by atoms with van der Waals surface area (Å²) in [4.78, 5) is 45.1. The quantitative estimate of drug-likeness (QED) is 0.650. The first kappa shape index (κ1) is 23.0. The zero-order chi connectivity index (χ0) is 25.0. The van der Waals surface area contributed by atoms with Crippen LogP contribution in [0.4, 0.5) is 22.2 Å². The Balaban J connectivity index is 1.49. The Morgan fingerprint density at radius 3 is 2.51 bits per heavy atom. The Morgan fingerprint density at radius 2 is 1.89 bits per heavy atom. The van der Waals surface area contributed by atoms with Gasteiger partial charge in [0.15, 0.2) is 0 Å². The van der Waals surface area contributed by atoms with Gasteiger partial charge < -0.3 is 9.64 Å². The molecule has 0 unspecified atom stereocenters. The number of piperazine rings is 1. The van der Waals surface area contributed by atoms with Crippen LogP contribution in [0.5, 0.6) is 0 Å². The molecule has 182 valence electrons. The summed E-state index contributed by atoms with van der Waals surface area (Å²) < 4.78 is 5.51.